The minimum absolute atomic E-state index is 0.336. The molecule has 0 bridgehead atoms. The smallest absolute Gasteiger partial charge is 0.175 e. The summed E-state index contributed by atoms with van der Waals surface area (Å²) in [4.78, 5) is 0.336. The largest absolute Gasteiger partial charge is 0.279 e. The molecule has 0 amide bonds. The summed E-state index contributed by atoms with van der Waals surface area (Å²) in [6.07, 6.45) is 1.88. The molecular weight excluding hydrogens is 284 g/mol. The standard InChI is InChI=1S/C16H18N2O2S/c1-13(17-18-15-6-4-3-5-7-15)12-14-8-10-16(11-9-14)21(2,19)20/h3-11,18H,12H2,1-2H3. The predicted octanol–water partition coefficient (Wildman–Crippen LogP) is 3.12. The van der Waals surface area contributed by atoms with Crippen molar-refractivity contribution in [1.29, 1.82) is 0 Å². The summed E-state index contributed by atoms with van der Waals surface area (Å²) in [5, 5.41) is 4.31. The number of hydrogen-bond acceptors (Lipinski definition) is 4. The van der Waals surface area contributed by atoms with E-state index < -0.39 is 9.84 Å². The van der Waals surface area contributed by atoms with Gasteiger partial charge < -0.3 is 0 Å². The number of benzene rings is 2. The van der Waals surface area contributed by atoms with Gasteiger partial charge in [-0.15, -0.1) is 0 Å². The fraction of sp³-hybridized carbons (Fsp3) is 0.188. The SMILES string of the molecule is CC(Cc1ccc(S(C)(=O)=O)cc1)=NNc1ccccc1. The molecule has 0 atom stereocenters. The van der Waals surface area contributed by atoms with Crippen molar-refractivity contribution < 1.29 is 8.42 Å². The molecule has 0 saturated heterocycles. The van der Waals surface area contributed by atoms with Gasteiger partial charge in [-0.3, -0.25) is 5.43 Å². The summed E-state index contributed by atoms with van der Waals surface area (Å²) >= 11 is 0. The van der Waals surface area contributed by atoms with Gasteiger partial charge in [0.15, 0.2) is 9.84 Å². The molecule has 0 spiro atoms. The monoisotopic (exact) mass is 302 g/mol. The van der Waals surface area contributed by atoms with Crippen LogP contribution in [-0.2, 0) is 16.3 Å². The zero-order chi connectivity index (χ0) is 15.3. The summed E-state index contributed by atoms with van der Waals surface area (Å²) in [5.74, 6) is 0. The van der Waals surface area contributed by atoms with Gasteiger partial charge in [-0.1, -0.05) is 30.3 Å². The molecule has 2 aromatic rings. The zero-order valence-electron chi connectivity index (χ0n) is 12.1. The van der Waals surface area contributed by atoms with E-state index in [4.69, 9.17) is 0 Å². The second-order valence-electron chi connectivity index (χ2n) is 4.92. The normalized spacial score (nSPS) is 12.2. The Labute approximate surface area is 125 Å². The van der Waals surface area contributed by atoms with Gasteiger partial charge in [0.2, 0.25) is 0 Å². The van der Waals surface area contributed by atoms with Gasteiger partial charge in [-0.2, -0.15) is 5.10 Å². The molecule has 0 unspecified atom stereocenters. The van der Waals surface area contributed by atoms with E-state index in [1.807, 2.05) is 49.4 Å². The van der Waals surface area contributed by atoms with Crippen molar-refractivity contribution >= 4 is 21.2 Å². The van der Waals surface area contributed by atoms with Gasteiger partial charge >= 0.3 is 0 Å². The Kier molecular flexibility index (Phi) is 4.75. The quantitative estimate of drug-likeness (QED) is 0.682. The van der Waals surface area contributed by atoms with Crippen LogP contribution in [0.5, 0.6) is 0 Å². The van der Waals surface area contributed by atoms with Crippen LogP contribution in [0.1, 0.15) is 12.5 Å². The van der Waals surface area contributed by atoms with Crippen molar-refractivity contribution in [1.82, 2.24) is 0 Å². The number of anilines is 1. The second kappa shape index (κ2) is 6.54. The molecular formula is C16H18N2O2S. The van der Waals surface area contributed by atoms with Crippen LogP contribution in [0.2, 0.25) is 0 Å². The van der Waals surface area contributed by atoms with Crippen molar-refractivity contribution in [2.45, 2.75) is 18.2 Å². The van der Waals surface area contributed by atoms with Crippen LogP contribution in [0.25, 0.3) is 0 Å². The van der Waals surface area contributed by atoms with Gasteiger partial charge in [0, 0.05) is 18.4 Å². The minimum Gasteiger partial charge on any atom is -0.279 e. The molecule has 0 aliphatic carbocycles. The van der Waals surface area contributed by atoms with Gasteiger partial charge in [0.05, 0.1) is 10.6 Å². The summed E-state index contributed by atoms with van der Waals surface area (Å²) in [5.41, 5.74) is 5.88. The maximum atomic E-state index is 11.4. The zero-order valence-corrected chi connectivity index (χ0v) is 12.9. The molecule has 0 aliphatic rings. The van der Waals surface area contributed by atoms with E-state index >= 15 is 0 Å². The van der Waals surface area contributed by atoms with Crippen LogP contribution < -0.4 is 5.43 Å². The highest BCUT2D eigenvalue weighted by Crippen LogP contribution is 2.11. The Balaban J connectivity index is 2.01. The molecule has 2 rings (SSSR count). The Morgan fingerprint density at radius 1 is 1.05 bits per heavy atom. The Hall–Kier alpha value is -2.14. The first-order valence-corrected chi connectivity index (χ1v) is 8.47. The van der Waals surface area contributed by atoms with Gasteiger partial charge in [0.1, 0.15) is 0 Å². The first-order chi connectivity index (χ1) is 9.95. The molecule has 21 heavy (non-hydrogen) atoms. The lowest BCUT2D eigenvalue weighted by molar-refractivity contribution is 0.602. The number of rotatable bonds is 5. The van der Waals surface area contributed by atoms with Crippen molar-refractivity contribution in [3.63, 3.8) is 0 Å². The lowest BCUT2D eigenvalue weighted by Crippen LogP contribution is -2.02. The fourth-order valence-corrected chi connectivity index (χ4v) is 2.49. The summed E-state index contributed by atoms with van der Waals surface area (Å²) in [6.45, 7) is 1.93. The number of nitrogens with one attached hydrogen (secondary N) is 1. The highest BCUT2D eigenvalue weighted by molar-refractivity contribution is 7.90. The molecule has 0 heterocycles. The average molecular weight is 302 g/mol. The molecule has 0 radical (unpaired) electrons. The fourth-order valence-electron chi connectivity index (χ4n) is 1.86. The van der Waals surface area contributed by atoms with Gasteiger partial charge in [-0.25, -0.2) is 8.42 Å². The maximum absolute atomic E-state index is 11.4. The van der Waals surface area contributed by atoms with E-state index in [1.165, 1.54) is 6.26 Å². The van der Waals surface area contributed by atoms with Crippen LogP contribution >= 0.6 is 0 Å². The third kappa shape index (κ3) is 4.72. The number of sulfone groups is 1. The number of nitrogens with zero attached hydrogens (tertiary/aromatic N) is 1. The molecule has 4 nitrogen and oxygen atoms in total. The topological polar surface area (TPSA) is 58.5 Å². The van der Waals surface area contributed by atoms with E-state index in [0.29, 0.717) is 11.3 Å². The van der Waals surface area contributed by atoms with E-state index in [1.54, 1.807) is 12.1 Å². The number of hydrazone groups is 1. The molecule has 1 N–H and O–H groups in total. The van der Waals surface area contributed by atoms with E-state index in [-0.39, 0.29) is 0 Å². The first kappa shape index (κ1) is 15.3. The number of hydrogen-bond donors (Lipinski definition) is 1. The van der Waals surface area contributed by atoms with Crippen LogP contribution in [0, 0.1) is 0 Å². The average Bonchev–Trinajstić information content (AvgIpc) is 2.46. The van der Waals surface area contributed by atoms with Crippen molar-refractivity contribution in [3.05, 3.63) is 60.2 Å². The highest BCUT2D eigenvalue weighted by atomic mass is 32.2. The van der Waals surface area contributed by atoms with E-state index in [9.17, 15) is 8.42 Å². The van der Waals surface area contributed by atoms with Crippen molar-refractivity contribution in [3.8, 4) is 0 Å². The van der Waals surface area contributed by atoms with Gasteiger partial charge in [-0.05, 0) is 36.8 Å². The number of para-hydroxylation sites is 1. The van der Waals surface area contributed by atoms with Gasteiger partial charge in [0.25, 0.3) is 0 Å². The minimum atomic E-state index is -3.14. The second-order valence-corrected chi connectivity index (χ2v) is 6.93. The molecule has 0 aromatic heterocycles. The predicted molar refractivity (Wildman–Crippen MR) is 86.4 cm³/mol. The molecule has 5 heteroatoms. The molecule has 2 aromatic carbocycles. The maximum Gasteiger partial charge on any atom is 0.175 e. The van der Waals surface area contributed by atoms with Crippen LogP contribution in [-0.4, -0.2) is 20.4 Å². The summed E-state index contributed by atoms with van der Waals surface area (Å²) in [6, 6.07) is 16.6. The van der Waals surface area contributed by atoms with E-state index in [0.717, 1.165) is 17.0 Å². The Bertz CT molecular complexity index is 721. The lowest BCUT2D eigenvalue weighted by atomic mass is 10.1. The Morgan fingerprint density at radius 3 is 2.24 bits per heavy atom. The molecule has 110 valence electrons. The van der Waals surface area contributed by atoms with Crippen molar-refractivity contribution in [2.24, 2.45) is 5.10 Å². The first-order valence-electron chi connectivity index (χ1n) is 6.58. The third-order valence-corrected chi connectivity index (χ3v) is 4.09. The van der Waals surface area contributed by atoms with Crippen LogP contribution in [0.3, 0.4) is 0 Å². The van der Waals surface area contributed by atoms with Crippen molar-refractivity contribution in [2.75, 3.05) is 11.7 Å². The van der Waals surface area contributed by atoms with Crippen LogP contribution in [0.15, 0.2) is 64.6 Å². The van der Waals surface area contributed by atoms with Crippen LogP contribution in [0.4, 0.5) is 5.69 Å². The summed E-state index contributed by atoms with van der Waals surface area (Å²) < 4.78 is 22.8. The molecule has 0 aliphatic heterocycles. The molecule has 0 saturated carbocycles. The lowest BCUT2D eigenvalue weighted by Gasteiger charge is -2.05. The summed E-state index contributed by atoms with van der Waals surface area (Å²) in [7, 11) is -3.14. The Morgan fingerprint density at radius 2 is 1.67 bits per heavy atom. The van der Waals surface area contributed by atoms with E-state index in [2.05, 4.69) is 10.5 Å². The molecule has 0 fully saturated rings. The third-order valence-electron chi connectivity index (χ3n) is 2.96. The highest BCUT2D eigenvalue weighted by Gasteiger charge is 2.06.